The number of hydrogen-bond donors (Lipinski definition) is 0. The molecule has 0 fully saturated rings. The van der Waals surface area contributed by atoms with E-state index in [4.69, 9.17) is 4.74 Å². The first-order valence-electron chi connectivity index (χ1n) is 5.10. The van der Waals surface area contributed by atoms with Gasteiger partial charge in [0.1, 0.15) is 5.82 Å². The molecule has 15 heavy (non-hydrogen) atoms. The van der Waals surface area contributed by atoms with E-state index in [1.165, 1.54) is 24.3 Å². The summed E-state index contributed by atoms with van der Waals surface area (Å²) in [4.78, 5) is 11.5. The summed E-state index contributed by atoms with van der Waals surface area (Å²) >= 11 is 0. The predicted molar refractivity (Wildman–Crippen MR) is 56.5 cm³/mol. The number of ketones is 1. The maximum atomic E-state index is 12.6. The Morgan fingerprint density at radius 1 is 1.33 bits per heavy atom. The van der Waals surface area contributed by atoms with Crippen molar-refractivity contribution in [3.05, 3.63) is 35.6 Å². The molecule has 0 saturated carbocycles. The zero-order valence-electron chi connectivity index (χ0n) is 8.83. The maximum absolute atomic E-state index is 12.6. The molecule has 0 heterocycles. The van der Waals surface area contributed by atoms with E-state index in [9.17, 15) is 9.18 Å². The molecule has 0 aromatic heterocycles. The first kappa shape index (κ1) is 11.9. The molecule has 0 atom stereocenters. The Morgan fingerprint density at radius 2 is 2.00 bits per heavy atom. The molecule has 0 unspecified atom stereocenters. The SMILES string of the molecule is CCOCCCC(=O)c1ccc(F)cc1. The van der Waals surface area contributed by atoms with E-state index >= 15 is 0 Å². The van der Waals surface area contributed by atoms with Crippen LogP contribution in [0.15, 0.2) is 24.3 Å². The van der Waals surface area contributed by atoms with Gasteiger partial charge in [-0.1, -0.05) is 0 Å². The lowest BCUT2D eigenvalue weighted by Gasteiger charge is -2.01. The van der Waals surface area contributed by atoms with Gasteiger partial charge < -0.3 is 4.74 Å². The van der Waals surface area contributed by atoms with Crippen LogP contribution in [0.5, 0.6) is 0 Å². The highest BCUT2D eigenvalue weighted by Gasteiger charge is 2.04. The van der Waals surface area contributed by atoms with Gasteiger partial charge in [-0.2, -0.15) is 0 Å². The van der Waals surface area contributed by atoms with Crippen LogP contribution < -0.4 is 0 Å². The van der Waals surface area contributed by atoms with Crippen LogP contribution in [0.25, 0.3) is 0 Å². The minimum Gasteiger partial charge on any atom is -0.382 e. The van der Waals surface area contributed by atoms with Crippen LogP contribution >= 0.6 is 0 Å². The van der Waals surface area contributed by atoms with Gasteiger partial charge in [0.25, 0.3) is 0 Å². The second kappa shape index (κ2) is 6.30. The summed E-state index contributed by atoms with van der Waals surface area (Å²) < 4.78 is 17.7. The molecule has 82 valence electrons. The van der Waals surface area contributed by atoms with Gasteiger partial charge in [0.2, 0.25) is 0 Å². The summed E-state index contributed by atoms with van der Waals surface area (Å²) in [5.74, 6) is -0.282. The molecular formula is C12H15FO2. The number of carbonyl (C=O) groups excluding carboxylic acids is 1. The lowest BCUT2D eigenvalue weighted by Crippen LogP contribution is -2.02. The summed E-state index contributed by atoms with van der Waals surface area (Å²) in [6.07, 6.45) is 1.16. The third kappa shape index (κ3) is 4.21. The number of carbonyl (C=O) groups is 1. The van der Waals surface area contributed by atoms with Gasteiger partial charge >= 0.3 is 0 Å². The standard InChI is InChI=1S/C12H15FO2/c1-2-15-9-3-4-12(14)10-5-7-11(13)8-6-10/h5-8H,2-4,9H2,1H3. The Morgan fingerprint density at radius 3 is 2.60 bits per heavy atom. The lowest BCUT2D eigenvalue weighted by atomic mass is 10.1. The van der Waals surface area contributed by atoms with Gasteiger partial charge in [-0.3, -0.25) is 4.79 Å². The lowest BCUT2D eigenvalue weighted by molar-refractivity contribution is 0.0947. The molecule has 0 amide bonds. The molecule has 3 heteroatoms. The van der Waals surface area contributed by atoms with Crippen molar-refractivity contribution in [1.29, 1.82) is 0 Å². The van der Waals surface area contributed by atoms with Crippen LogP contribution in [-0.2, 0) is 4.74 Å². The van der Waals surface area contributed by atoms with Gasteiger partial charge in [-0.25, -0.2) is 4.39 Å². The van der Waals surface area contributed by atoms with Crippen molar-refractivity contribution >= 4 is 5.78 Å². The van der Waals surface area contributed by atoms with Crippen molar-refractivity contribution in [3.63, 3.8) is 0 Å². The van der Waals surface area contributed by atoms with Crippen LogP contribution in [-0.4, -0.2) is 19.0 Å². The van der Waals surface area contributed by atoms with Crippen LogP contribution in [0.1, 0.15) is 30.1 Å². The summed E-state index contributed by atoms with van der Waals surface area (Å²) in [7, 11) is 0. The maximum Gasteiger partial charge on any atom is 0.162 e. The summed E-state index contributed by atoms with van der Waals surface area (Å²) in [6, 6.07) is 5.63. The number of Topliss-reactive ketones (excluding diaryl/α,β-unsaturated/α-hetero) is 1. The molecule has 0 radical (unpaired) electrons. The first-order valence-corrected chi connectivity index (χ1v) is 5.10. The molecule has 0 spiro atoms. The van der Waals surface area contributed by atoms with Crippen molar-refractivity contribution in [2.24, 2.45) is 0 Å². The number of hydrogen-bond acceptors (Lipinski definition) is 2. The Kier molecular flexibility index (Phi) is 4.98. The van der Waals surface area contributed by atoms with Gasteiger partial charge in [-0.15, -0.1) is 0 Å². The van der Waals surface area contributed by atoms with Crippen LogP contribution in [0.4, 0.5) is 4.39 Å². The van der Waals surface area contributed by atoms with Gasteiger partial charge in [0.15, 0.2) is 5.78 Å². The molecule has 0 saturated heterocycles. The molecule has 2 nitrogen and oxygen atoms in total. The fourth-order valence-electron chi connectivity index (χ4n) is 1.26. The average Bonchev–Trinajstić information content (AvgIpc) is 2.25. The van der Waals surface area contributed by atoms with E-state index in [1.807, 2.05) is 6.92 Å². The van der Waals surface area contributed by atoms with Crippen LogP contribution in [0, 0.1) is 5.82 Å². The molecule has 1 aromatic rings. The van der Waals surface area contributed by atoms with Gasteiger partial charge in [0.05, 0.1) is 0 Å². The van der Waals surface area contributed by atoms with Gasteiger partial charge in [-0.05, 0) is 37.6 Å². The van der Waals surface area contributed by atoms with Crippen LogP contribution in [0.2, 0.25) is 0 Å². The van der Waals surface area contributed by atoms with Gasteiger partial charge in [0, 0.05) is 25.2 Å². The quantitative estimate of drug-likeness (QED) is 0.533. The van der Waals surface area contributed by atoms with E-state index in [0.717, 1.165) is 0 Å². The third-order valence-corrected chi connectivity index (χ3v) is 2.06. The Bertz CT molecular complexity index is 306. The van der Waals surface area contributed by atoms with E-state index in [-0.39, 0.29) is 11.6 Å². The summed E-state index contributed by atoms with van der Waals surface area (Å²) in [5, 5.41) is 0. The van der Waals surface area contributed by atoms with Crippen molar-refractivity contribution in [1.82, 2.24) is 0 Å². The van der Waals surface area contributed by atoms with E-state index in [1.54, 1.807) is 0 Å². The fraction of sp³-hybridized carbons (Fsp3) is 0.417. The monoisotopic (exact) mass is 210 g/mol. The summed E-state index contributed by atoms with van der Waals surface area (Å²) in [5.41, 5.74) is 0.563. The molecule has 1 aromatic carbocycles. The fourth-order valence-corrected chi connectivity index (χ4v) is 1.26. The third-order valence-electron chi connectivity index (χ3n) is 2.06. The first-order chi connectivity index (χ1) is 7.24. The van der Waals surface area contributed by atoms with Crippen molar-refractivity contribution in [3.8, 4) is 0 Å². The molecular weight excluding hydrogens is 195 g/mol. The minimum atomic E-state index is -0.319. The number of rotatable bonds is 6. The Balaban J connectivity index is 2.37. The summed E-state index contributed by atoms with van der Waals surface area (Å²) in [6.45, 7) is 3.19. The van der Waals surface area contributed by atoms with Crippen molar-refractivity contribution < 1.29 is 13.9 Å². The van der Waals surface area contributed by atoms with E-state index < -0.39 is 0 Å². The number of ether oxygens (including phenoxy) is 1. The molecule has 0 bridgehead atoms. The minimum absolute atomic E-state index is 0.0368. The predicted octanol–water partition coefficient (Wildman–Crippen LogP) is 2.83. The molecule has 0 aliphatic heterocycles. The largest absolute Gasteiger partial charge is 0.382 e. The average molecular weight is 210 g/mol. The molecule has 0 N–H and O–H groups in total. The smallest absolute Gasteiger partial charge is 0.162 e. The highest BCUT2D eigenvalue weighted by Crippen LogP contribution is 2.07. The topological polar surface area (TPSA) is 26.3 Å². The van der Waals surface area contributed by atoms with E-state index in [0.29, 0.717) is 31.6 Å². The highest BCUT2D eigenvalue weighted by atomic mass is 19.1. The molecule has 1 rings (SSSR count). The van der Waals surface area contributed by atoms with Crippen LogP contribution in [0.3, 0.4) is 0 Å². The number of benzene rings is 1. The van der Waals surface area contributed by atoms with Crippen molar-refractivity contribution in [2.75, 3.05) is 13.2 Å². The number of halogens is 1. The Hall–Kier alpha value is -1.22. The second-order valence-electron chi connectivity index (χ2n) is 3.23. The second-order valence-corrected chi connectivity index (χ2v) is 3.23. The zero-order chi connectivity index (χ0) is 11.1. The normalized spacial score (nSPS) is 10.3. The molecule has 0 aliphatic rings. The van der Waals surface area contributed by atoms with Crippen molar-refractivity contribution in [2.45, 2.75) is 19.8 Å². The zero-order valence-corrected chi connectivity index (χ0v) is 8.83. The van der Waals surface area contributed by atoms with E-state index in [2.05, 4.69) is 0 Å². The molecule has 0 aliphatic carbocycles. The Labute approximate surface area is 89.1 Å². The highest BCUT2D eigenvalue weighted by molar-refractivity contribution is 5.95.